The predicted octanol–water partition coefficient (Wildman–Crippen LogP) is 4.71. The topological polar surface area (TPSA) is 50.3 Å². The molecule has 1 N–H and O–H groups in total. The van der Waals surface area contributed by atoms with E-state index >= 15 is 0 Å². The van der Waals surface area contributed by atoms with Crippen LogP contribution < -0.4 is 10.2 Å². The summed E-state index contributed by atoms with van der Waals surface area (Å²) in [6.07, 6.45) is -1.30. The molecule has 1 fully saturated rings. The van der Waals surface area contributed by atoms with E-state index in [1.54, 1.807) is 13.1 Å². The monoisotopic (exact) mass is 402 g/mol. The third-order valence-corrected chi connectivity index (χ3v) is 5.33. The molecule has 1 aliphatic rings. The van der Waals surface area contributed by atoms with Crippen molar-refractivity contribution in [3.8, 4) is 0 Å². The van der Waals surface area contributed by atoms with Gasteiger partial charge in [0, 0.05) is 23.7 Å². The Balaban J connectivity index is 1.66. The molecule has 8 heteroatoms. The summed E-state index contributed by atoms with van der Waals surface area (Å²) in [5.41, 5.74) is 1.92. The number of halogens is 3. The molecule has 2 aromatic carbocycles. The largest absolute Gasteiger partial charge is 0.377 e. The molecule has 0 unspecified atom stereocenters. The number of fused-ring (bicyclic) bond motifs is 1. The first-order chi connectivity index (χ1) is 14.0. The van der Waals surface area contributed by atoms with Crippen molar-refractivity contribution in [2.24, 2.45) is 0 Å². The summed E-state index contributed by atoms with van der Waals surface area (Å²) < 4.78 is 45.9. The lowest BCUT2D eigenvalue weighted by molar-refractivity contribution is 0.0101. The highest BCUT2D eigenvalue weighted by Crippen LogP contribution is 2.32. The molecule has 0 aliphatic carbocycles. The van der Waals surface area contributed by atoms with Crippen LogP contribution in [0.4, 0.5) is 24.5 Å². The van der Waals surface area contributed by atoms with E-state index in [4.69, 9.17) is 4.74 Å². The van der Waals surface area contributed by atoms with Gasteiger partial charge < -0.3 is 15.0 Å². The minimum absolute atomic E-state index is 0.174. The van der Waals surface area contributed by atoms with Gasteiger partial charge in [0.25, 0.3) is 6.43 Å². The summed E-state index contributed by atoms with van der Waals surface area (Å²) in [6, 6.07) is 9.66. The summed E-state index contributed by atoms with van der Waals surface area (Å²) in [6.45, 7) is 3.09. The maximum Gasteiger partial charge on any atom is 0.266 e. The molecule has 1 aliphatic heterocycles. The molecular weight excluding hydrogens is 381 g/mol. The SMILES string of the molecule is C[C@@H](Nc1cnnc2ccc(N(C)C3COC3)cc12)c1cccc(C(F)F)c1F. The number of nitrogens with one attached hydrogen (secondary N) is 1. The number of aromatic nitrogens is 2. The van der Waals surface area contributed by atoms with Crippen LogP contribution in [0.15, 0.2) is 42.6 Å². The molecule has 0 bridgehead atoms. The van der Waals surface area contributed by atoms with Crippen LogP contribution in [-0.2, 0) is 4.74 Å². The van der Waals surface area contributed by atoms with Crippen LogP contribution in [0.2, 0.25) is 0 Å². The van der Waals surface area contributed by atoms with Gasteiger partial charge in [0.15, 0.2) is 0 Å². The zero-order valence-electron chi connectivity index (χ0n) is 16.1. The van der Waals surface area contributed by atoms with Crippen molar-refractivity contribution >= 4 is 22.3 Å². The molecule has 0 amide bonds. The predicted molar refractivity (Wildman–Crippen MR) is 106 cm³/mol. The standard InChI is InChI=1S/C21H21F3N4O/c1-12(15-4-3-5-16(20(15)22)21(23)24)26-19-9-25-27-18-7-6-13(8-17(18)19)28(2)14-10-29-11-14/h3-9,12,14,21H,10-11H2,1-2H3,(H,26,27)/t12-/m1/s1. The molecule has 0 spiro atoms. The normalized spacial score (nSPS) is 15.4. The van der Waals surface area contributed by atoms with Crippen LogP contribution in [-0.4, -0.2) is 36.5 Å². The fraction of sp³-hybridized carbons (Fsp3) is 0.333. The summed E-state index contributed by atoms with van der Waals surface area (Å²) in [5, 5.41) is 12.2. The van der Waals surface area contributed by atoms with Gasteiger partial charge in [0.05, 0.1) is 48.3 Å². The van der Waals surface area contributed by atoms with E-state index in [1.807, 2.05) is 25.2 Å². The minimum atomic E-state index is -2.86. The number of nitrogens with zero attached hydrogens (tertiary/aromatic N) is 3. The van der Waals surface area contributed by atoms with Gasteiger partial charge in [-0.2, -0.15) is 10.2 Å². The molecule has 5 nitrogen and oxygen atoms in total. The van der Waals surface area contributed by atoms with E-state index in [-0.39, 0.29) is 5.56 Å². The molecule has 2 heterocycles. The van der Waals surface area contributed by atoms with Crippen LogP contribution in [0.3, 0.4) is 0 Å². The highest BCUT2D eigenvalue weighted by atomic mass is 19.3. The van der Waals surface area contributed by atoms with E-state index in [0.29, 0.717) is 30.5 Å². The van der Waals surface area contributed by atoms with Crippen molar-refractivity contribution < 1.29 is 17.9 Å². The number of hydrogen-bond donors (Lipinski definition) is 1. The van der Waals surface area contributed by atoms with Gasteiger partial charge in [-0.1, -0.05) is 18.2 Å². The number of likely N-dealkylation sites (N-methyl/N-ethyl adjacent to an activating group) is 1. The van der Waals surface area contributed by atoms with Crippen LogP contribution in [0, 0.1) is 5.82 Å². The second-order valence-electron chi connectivity index (χ2n) is 7.18. The fourth-order valence-electron chi connectivity index (χ4n) is 3.42. The Morgan fingerprint density at radius 3 is 2.62 bits per heavy atom. The summed E-state index contributed by atoms with van der Waals surface area (Å²) in [5.74, 6) is -0.890. The molecule has 3 aromatic rings. The average molecular weight is 402 g/mol. The lowest BCUT2D eigenvalue weighted by atomic mass is 10.0. The van der Waals surface area contributed by atoms with E-state index in [2.05, 4.69) is 20.4 Å². The molecule has 0 radical (unpaired) electrons. The van der Waals surface area contributed by atoms with Gasteiger partial charge >= 0.3 is 0 Å². The van der Waals surface area contributed by atoms with Crippen LogP contribution in [0.25, 0.3) is 10.9 Å². The molecule has 1 saturated heterocycles. The quantitative estimate of drug-likeness (QED) is 0.647. The number of rotatable bonds is 6. The summed E-state index contributed by atoms with van der Waals surface area (Å²) >= 11 is 0. The third kappa shape index (κ3) is 3.72. The highest BCUT2D eigenvalue weighted by molar-refractivity contribution is 5.93. The smallest absolute Gasteiger partial charge is 0.266 e. The number of benzene rings is 2. The zero-order valence-corrected chi connectivity index (χ0v) is 16.1. The van der Waals surface area contributed by atoms with Gasteiger partial charge in [-0.05, 0) is 25.1 Å². The number of alkyl halides is 2. The maximum atomic E-state index is 14.5. The van der Waals surface area contributed by atoms with E-state index in [1.165, 1.54) is 12.1 Å². The summed E-state index contributed by atoms with van der Waals surface area (Å²) in [7, 11) is 2.00. The Bertz CT molecular complexity index is 1030. The number of anilines is 2. The molecule has 152 valence electrons. The van der Waals surface area contributed by atoms with Gasteiger partial charge in [0.1, 0.15) is 5.82 Å². The first-order valence-corrected chi connectivity index (χ1v) is 9.34. The molecule has 1 atom stereocenters. The average Bonchev–Trinajstić information content (AvgIpc) is 2.66. The number of hydrogen-bond acceptors (Lipinski definition) is 5. The zero-order chi connectivity index (χ0) is 20.5. The van der Waals surface area contributed by atoms with Crippen molar-refractivity contribution in [1.82, 2.24) is 10.2 Å². The Labute approximate surface area is 166 Å². The van der Waals surface area contributed by atoms with Crippen molar-refractivity contribution in [2.75, 3.05) is 30.5 Å². The van der Waals surface area contributed by atoms with Gasteiger partial charge in [-0.15, -0.1) is 0 Å². The number of ether oxygens (including phenoxy) is 1. The van der Waals surface area contributed by atoms with Crippen LogP contribution in [0.5, 0.6) is 0 Å². The Morgan fingerprint density at radius 2 is 1.93 bits per heavy atom. The van der Waals surface area contributed by atoms with E-state index in [9.17, 15) is 13.2 Å². The Morgan fingerprint density at radius 1 is 1.17 bits per heavy atom. The fourth-order valence-corrected chi connectivity index (χ4v) is 3.42. The van der Waals surface area contributed by atoms with E-state index < -0.39 is 23.8 Å². The molecular formula is C21H21F3N4O. The Hall–Kier alpha value is -2.87. The van der Waals surface area contributed by atoms with Gasteiger partial charge in [0.2, 0.25) is 0 Å². The minimum Gasteiger partial charge on any atom is -0.377 e. The molecule has 29 heavy (non-hydrogen) atoms. The van der Waals surface area contributed by atoms with Crippen LogP contribution in [0.1, 0.15) is 30.5 Å². The second kappa shape index (κ2) is 7.87. The lowest BCUT2D eigenvalue weighted by Gasteiger charge is -2.36. The van der Waals surface area contributed by atoms with Crippen molar-refractivity contribution in [2.45, 2.75) is 25.4 Å². The van der Waals surface area contributed by atoms with Crippen molar-refractivity contribution in [1.29, 1.82) is 0 Å². The van der Waals surface area contributed by atoms with Crippen molar-refractivity contribution in [3.63, 3.8) is 0 Å². The summed E-state index contributed by atoms with van der Waals surface area (Å²) in [4.78, 5) is 2.14. The molecule has 1 aromatic heterocycles. The molecule has 0 saturated carbocycles. The Kier molecular flexibility index (Phi) is 5.27. The highest BCUT2D eigenvalue weighted by Gasteiger charge is 2.24. The third-order valence-electron chi connectivity index (χ3n) is 5.33. The first kappa shape index (κ1) is 19.4. The van der Waals surface area contributed by atoms with Crippen LogP contribution >= 0.6 is 0 Å². The lowest BCUT2D eigenvalue weighted by Crippen LogP contribution is -2.47. The second-order valence-corrected chi connectivity index (χ2v) is 7.18. The molecule has 4 rings (SSSR count). The van der Waals surface area contributed by atoms with Crippen molar-refractivity contribution in [3.05, 3.63) is 59.5 Å². The first-order valence-electron chi connectivity index (χ1n) is 9.34. The van der Waals surface area contributed by atoms with Gasteiger partial charge in [-0.25, -0.2) is 13.2 Å². The van der Waals surface area contributed by atoms with Gasteiger partial charge in [-0.3, -0.25) is 0 Å². The maximum absolute atomic E-state index is 14.5. The van der Waals surface area contributed by atoms with E-state index in [0.717, 1.165) is 17.1 Å².